The first kappa shape index (κ1) is 25.2. The highest BCUT2D eigenvalue weighted by Gasteiger charge is 2.15. The van der Waals surface area contributed by atoms with Crippen molar-refractivity contribution in [2.24, 2.45) is 0 Å². The van der Waals surface area contributed by atoms with E-state index in [4.69, 9.17) is 0 Å². The fourth-order valence-electron chi connectivity index (χ4n) is 3.46. The predicted octanol–water partition coefficient (Wildman–Crippen LogP) is 6.44. The maximum atomic E-state index is 12.8. The van der Waals surface area contributed by atoms with Crippen molar-refractivity contribution in [3.63, 3.8) is 0 Å². The zero-order valence-electron chi connectivity index (χ0n) is 19.6. The highest BCUT2D eigenvalue weighted by molar-refractivity contribution is 5.92. The summed E-state index contributed by atoms with van der Waals surface area (Å²) in [5, 5.41) is 3.08. The largest absolute Gasteiger partial charge is 0.466 e. The van der Waals surface area contributed by atoms with Crippen molar-refractivity contribution in [3.05, 3.63) is 60.2 Å². The number of anilines is 1. The van der Waals surface area contributed by atoms with Crippen LogP contribution in [0.15, 0.2) is 54.6 Å². The van der Waals surface area contributed by atoms with E-state index in [9.17, 15) is 9.59 Å². The molecular formula is C27H36N2O3. The van der Waals surface area contributed by atoms with Gasteiger partial charge in [-0.1, -0.05) is 75.9 Å². The first-order valence-corrected chi connectivity index (χ1v) is 11.6. The number of hydrogen-bond acceptors (Lipinski definition) is 3. The lowest BCUT2D eigenvalue weighted by atomic mass is 10.0. The minimum absolute atomic E-state index is 0.0391. The molecule has 0 saturated carbocycles. The molecule has 0 saturated heterocycles. The monoisotopic (exact) mass is 436 g/mol. The average Bonchev–Trinajstić information content (AvgIpc) is 2.83. The van der Waals surface area contributed by atoms with Gasteiger partial charge in [-0.05, 0) is 47.7 Å². The summed E-state index contributed by atoms with van der Waals surface area (Å²) < 4.78 is 4.62. The first-order chi connectivity index (χ1) is 15.6. The lowest BCUT2D eigenvalue weighted by Crippen LogP contribution is -2.41. The summed E-state index contributed by atoms with van der Waals surface area (Å²) in [5.74, 6) is -0.378. The van der Waals surface area contributed by atoms with Crippen LogP contribution in [-0.4, -0.2) is 32.2 Å². The third-order valence-corrected chi connectivity index (χ3v) is 5.26. The molecule has 0 unspecified atom stereocenters. The summed E-state index contributed by atoms with van der Waals surface area (Å²) in [6.45, 7) is 5.66. The molecule has 172 valence electrons. The Labute approximate surface area is 192 Å². The van der Waals surface area contributed by atoms with Gasteiger partial charge in [0.1, 0.15) is 0 Å². The number of urea groups is 1. The Hall–Kier alpha value is -3.08. The Morgan fingerprint density at radius 2 is 1.69 bits per heavy atom. The lowest BCUT2D eigenvalue weighted by Gasteiger charge is -2.23. The number of hydrogen-bond donors (Lipinski definition) is 1. The van der Waals surface area contributed by atoms with Crippen LogP contribution in [0.4, 0.5) is 10.5 Å². The Bertz CT molecular complexity index is 875. The summed E-state index contributed by atoms with van der Waals surface area (Å²) in [6, 6.07) is 15.9. The van der Waals surface area contributed by atoms with Gasteiger partial charge in [0.15, 0.2) is 0 Å². The van der Waals surface area contributed by atoms with Gasteiger partial charge >= 0.3 is 12.0 Å². The number of rotatable bonds is 12. The van der Waals surface area contributed by atoms with E-state index in [1.54, 1.807) is 6.08 Å². The number of amides is 2. The molecule has 2 aromatic rings. The van der Waals surface area contributed by atoms with Crippen LogP contribution in [0.3, 0.4) is 0 Å². The molecule has 0 aromatic heterocycles. The summed E-state index contributed by atoms with van der Waals surface area (Å²) in [7, 11) is 1.36. The number of unbranched alkanes of at least 4 members (excludes halogenated alkanes) is 4. The third kappa shape index (κ3) is 8.22. The second kappa shape index (κ2) is 14.1. The zero-order valence-corrected chi connectivity index (χ0v) is 19.6. The van der Waals surface area contributed by atoms with E-state index in [0.29, 0.717) is 13.1 Å². The molecule has 0 aliphatic heterocycles. The smallest absolute Gasteiger partial charge is 0.330 e. The Balaban J connectivity index is 2.07. The summed E-state index contributed by atoms with van der Waals surface area (Å²) in [5.41, 5.74) is 3.90. The maximum absolute atomic E-state index is 12.8. The van der Waals surface area contributed by atoms with Crippen LogP contribution in [0.1, 0.15) is 57.9 Å². The Morgan fingerprint density at radius 3 is 2.38 bits per heavy atom. The van der Waals surface area contributed by atoms with Crippen molar-refractivity contribution in [3.8, 4) is 11.1 Å². The van der Waals surface area contributed by atoms with Gasteiger partial charge < -0.3 is 10.1 Å². The van der Waals surface area contributed by atoms with Crippen LogP contribution in [0, 0.1) is 0 Å². The summed E-state index contributed by atoms with van der Waals surface area (Å²) in [6.07, 6.45) is 9.89. The fourth-order valence-corrected chi connectivity index (χ4v) is 3.46. The van der Waals surface area contributed by atoms with Gasteiger partial charge in [-0.3, -0.25) is 4.90 Å². The molecule has 0 aliphatic carbocycles. The number of carbonyl (C=O) groups excluding carboxylic acids is 2. The number of ether oxygens (including phenoxy) is 1. The van der Waals surface area contributed by atoms with Gasteiger partial charge in [-0.25, -0.2) is 9.59 Å². The highest BCUT2D eigenvalue weighted by atomic mass is 16.5. The highest BCUT2D eigenvalue weighted by Crippen LogP contribution is 2.26. The van der Waals surface area contributed by atoms with Gasteiger partial charge in [-0.2, -0.15) is 0 Å². The molecule has 0 atom stereocenters. The molecule has 5 heteroatoms. The van der Waals surface area contributed by atoms with E-state index in [1.807, 2.05) is 47.4 Å². The molecule has 2 amide bonds. The predicted molar refractivity (Wildman–Crippen MR) is 133 cm³/mol. The van der Waals surface area contributed by atoms with Crippen molar-refractivity contribution in [1.82, 2.24) is 5.32 Å². The zero-order chi connectivity index (χ0) is 23.2. The van der Waals surface area contributed by atoms with Crippen LogP contribution in [0.25, 0.3) is 17.2 Å². The topological polar surface area (TPSA) is 58.6 Å². The molecule has 0 radical (unpaired) electrons. The Morgan fingerprint density at radius 1 is 0.938 bits per heavy atom. The third-order valence-electron chi connectivity index (χ3n) is 5.26. The summed E-state index contributed by atoms with van der Waals surface area (Å²) in [4.78, 5) is 25.9. The molecule has 1 N–H and O–H groups in total. The first-order valence-electron chi connectivity index (χ1n) is 11.6. The van der Waals surface area contributed by atoms with E-state index in [1.165, 1.54) is 32.4 Å². The van der Waals surface area contributed by atoms with E-state index < -0.39 is 0 Å². The lowest BCUT2D eigenvalue weighted by molar-refractivity contribution is -0.134. The normalized spacial score (nSPS) is 10.8. The standard InChI is InChI=1S/C27H36N2O3/c1-4-6-7-8-9-19-28-27(31)29(20-5-2)25-12-10-11-24(21-25)23-16-13-22(14-17-23)15-18-26(30)32-3/h10-18,21H,4-9,19-20H2,1-3H3,(H,28,31)/b18-15+. The number of benzene rings is 2. The molecule has 0 fully saturated rings. The molecular weight excluding hydrogens is 400 g/mol. The van der Waals surface area contributed by atoms with Crippen LogP contribution in [-0.2, 0) is 9.53 Å². The second-order valence-electron chi connectivity index (χ2n) is 7.83. The molecule has 2 rings (SSSR count). The summed E-state index contributed by atoms with van der Waals surface area (Å²) >= 11 is 0. The molecule has 0 spiro atoms. The van der Waals surface area contributed by atoms with E-state index >= 15 is 0 Å². The Kier molecular flexibility index (Phi) is 11.1. The van der Waals surface area contributed by atoms with Crippen molar-refractivity contribution >= 4 is 23.8 Å². The SMILES string of the molecule is CCCCCCCNC(=O)N(CCC)c1cccc(-c2ccc(/C=C/C(=O)OC)cc2)c1. The molecule has 0 heterocycles. The van der Waals surface area contributed by atoms with E-state index in [-0.39, 0.29) is 12.0 Å². The van der Waals surface area contributed by atoms with Crippen LogP contribution < -0.4 is 10.2 Å². The number of methoxy groups -OCH3 is 1. The number of nitrogens with one attached hydrogen (secondary N) is 1. The molecule has 0 aliphatic rings. The van der Waals surface area contributed by atoms with Crippen molar-refractivity contribution in [2.45, 2.75) is 52.4 Å². The minimum atomic E-state index is -0.378. The van der Waals surface area contributed by atoms with Gasteiger partial charge in [0.25, 0.3) is 0 Å². The van der Waals surface area contributed by atoms with Gasteiger partial charge in [-0.15, -0.1) is 0 Å². The number of esters is 1. The van der Waals surface area contributed by atoms with Crippen molar-refractivity contribution < 1.29 is 14.3 Å². The van der Waals surface area contributed by atoms with Crippen LogP contribution in [0.5, 0.6) is 0 Å². The number of nitrogens with zero attached hydrogens (tertiary/aromatic N) is 1. The van der Waals surface area contributed by atoms with E-state index in [2.05, 4.69) is 30.0 Å². The minimum Gasteiger partial charge on any atom is -0.466 e. The number of carbonyl (C=O) groups is 2. The molecule has 2 aromatic carbocycles. The van der Waals surface area contributed by atoms with Crippen molar-refractivity contribution in [2.75, 3.05) is 25.1 Å². The van der Waals surface area contributed by atoms with Crippen molar-refractivity contribution in [1.29, 1.82) is 0 Å². The fraction of sp³-hybridized carbons (Fsp3) is 0.407. The van der Waals surface area contributed by atoms with Gasteiger partial charge in [0.05, 0.1) is 7.11 Å². The van der Waals surface area contributed by atoms with Crippen LogP contribution in [0.2, 0.25) is 0 Å². The molecule has 5 nitrogen and oxygen atoms in total. The average molecular weight is 437 g/mol. The van der Waals surface area contributed by atoms with Gasteiger partial charge in [0, 0.05) is 24.9 Å². The molecule has 32 heavy (non-hydrogen) atoms. The quantitative estimate of drug-likeness (QED) is 0.237. The van der Waals surface area contributed by atoms with E-state index in [0.717, 1.165) is 41.6 Å². The van der Waals surface area contributed by atoms with Gasteiger partial charge in [0.2, 0.25) is 0 Å². The molecule has 0 bridgehead atoms. The second-order valence-corrected chi connectivity index (χ2v) is 7.83. The maximum Gasteiger partial charge on any atom is 0.330 e. The van der Waals surface area contributed by atoms with Crippen LogP contribution >= 0.6 is 0 Å².